The van der Waals surface area contributed by atoms with Crippen LogP contribution in [0.2, 0.25) is 0 Å². The minimum atomic E-state index is 0.397. The van der Waals surface area contributed by atoms with E-state index >= 15 is 0 Å². The zero-order valence-electron chi connectivity index (χ0n) is 10.4. The van der Waals surface area contributed by atoms with Crippen LogP contribution in [-0.4, -0.2) is 9.55 Å². The van der Waals surface area contributed by atoms with Gasteiger partial charge in [0, 0.05) is 10.5 Å². The summed E-state index contributed by atoms with van der Waals surface area (Å²) in [6.45, 7) is 6.63. The molecule has 0 aliphatic rings. The van der Waals surface area contributed by atoms with Crippen LogP contribution in [0.5, 0.6) is 0 Å². The van der Waals surface area contributed by atoms with Crippen molar-refractivity contribution in [3.05, 3.63) is 22.7 Å². The lowest BCUT2D eigenvalue weighted by Crippen LogP contribution is -2.16. The molecule has 92 valence electrons. The average Bonchev–Trinajstić information content (AvgIpc) is 2.56. The van der Waals surface area contributed by atoms with Gasteiger partial charge in [-0.05, 0) is 30.5 Å². The van der Waals surface area contributed by atoms with E-state index < -0.39 is 0 Å². The first-order chi connectivity index (χ1) is 8.04. The van der Waals surface area contributed by atoms with Gasteiger partial charge in [-0.1, -0.05) is 36.7 Å². The van der Waals surface area contributed by atoms with Crippen LogP contribution in [0.1, 0.15) is 33.2 Å². The predicted octanol–water partition coefficient (Wildman–Crippen LogP) is 3.99. The largest absolute Gasteiger partial charge is 0.369 e. The molecular weight excluding hydrogens is 278 g/mol. The van der Waals surface area contributed by atoms with Crippen molar-refractivity contribution >= 4 is 32.9 Å². The Hall–Kier alpha value is -1.03. The van der Waals surface area contributed by atoms with E-state index in [1.807, 2.05) is 12.1 Å². The number of aromatic nitrogens is 2. The van der Waals surface area contributed by atoms with Gasteiger partial charge >= 0.3 is 0 Å². The molecule has 1 heterocycles. The molecule has 0 saturated heterocycles. The number of nitrogens with zero attached hydrogens (tertiary/aromatic N) is 2. The Balaban J connectivity index is 2.66. The Labute approximate surface area is 110 Å². The molecule has 1 aromatic carbocycles. The third-order valence-corrected chi connectivity index (χ3v) is 3.69. The third kappa shape index (κ3) is 2.18. The van der Waals surface area contributed by atoms with E-state index in [1.165, 1.54) is 0 Å². The Morgan fingerprint density at radius 3 is 2.71 bits per heavy atom. The van der Waals surface area contributed by atoms with Gasteiger partial charge in [0.25, 0.3) is 0 Å². The van der Waals surface area contributed by atoms with Crippen LogP contribution in [0.15, 0.2) is 22.7 Å². The molecular formula is C13H18BrN3. The summed E-state index contributed by atoms with van der Waals surface area (Å²) >= 11 is 3.50. The van der Waals surface area contributed by atoms with Gasteiger partial charge in [0.1, 0.15) is 0 Å². The fourth-order valence-corrected chi connectivity index (χ4v) is 2.73. The van der Waals surface area contributed by atoms with E-state index in [4.69, 9.17) is 5.73 Å². The Morgan fingerprint density at radius 2 is 2.12 bits per heavy atom. The molecule has 0 amide bonds. The third-order valence-electron chi connectivity index (χ3n) is 3.20. The molecule has 1 atom stereocenters. The number of anilines is 1. The lowest BCUT2D eigenvalue weighted by Gasteiger charge is -2.22. The van der Waals surface area contributed by atoms with Crippen molar-refractivity contribution in [3.63, 3.8) is 0 Å². The lowest BCUT2D eigenvalue weighted by molar-refractivity contribution is 0.377. The van der Waals surface area contributed by atoms with Crippen molar-refractivity contribution in [1.29, 1.82) is 0 Å². The zero-order valence-corrected chi connectivity index (χ0v) is 12.0. The van der Waals surface area contributed by atoms with Gasteiger partial charge in [0.2, 0.25) is 5.95 Å². The molecule has 0 spiro atoms. The minimum Gasteiger partial charge on any atom is -0.369 e. The van der Waals surface area contributed by atoms with E-state index in [2.05, 4.69) is 52.3 Å². The molecule has 2 N–H and O–H groups in total. The number of fused-ring (bicyclic) bond motifs is 1. The van der Waals surface area contributed by atoms with Gasteiger partial charge in [-0.2, -0.15) is 0 Å². The molecule has 2 rings (SSSR count). The number of nitrogens with two attached hydrogens (primary N) is 1. The molecule has 1 unspecified atom stereocenters. The fraction of sp³-hybridized carbons (Fsp3) is 0.462. The standard InChI is InChI=1S/C13H18BrN3/c1-4-11(8(2)3)17-12-7-9(14)5-6-10(12)16-13(17)15/h5-8,11H,4H2,1-3H3,(H2,15,16). The van der Waals surface area contributed by atoms with Crippen LogP contribution in [0.25, 0.3) is 11.0 Å². The first-order valence-electron chi connectivity index (χ1n) is 5.97. The van der Waals surface area contributed by atoms with Crippen LogP contribution in [0.3, 0.4) is 0 Å². The first-order valence-corrected chi connectivity index (χ1v) is 6.76. The quantitative estimate of drug-likeness (QED) is 0.930. The van der Waals surface area contributed by atoms with Crippen molar-refractivity contribution in [1.82, 2.24) is 9.55 Å². The molecule has 2 aromatic rings. The van der Waals surface area contributed by atoms with Crippen molar-refractivity contribution in [2.24, 2.45) is 5.92 Å². The summed E-state index contributed by atoms with van der Waals surface area (Å²) in [5.74, 6) is 1.15. The second-order valence-electron chi connectivity index (χ2n) is 4.69. The molecule has 0 saturated carbocycles. The Kier molecular flexibility index (Phi) is 3.43. The second-order valence-corrected chi connectivity index (χ2v) is 5.61. The molecule has 17 heavy (non-hydrogen) atoms. The summed E-state index contributed by atoms with van der Waals surface area (Å²) in [5.41, 5.74) is 8.13. The summed E-state index contributed by atoms with van der Waals surface area (Å²) < 4.78 is 3.22. The SMILES string of the molecule is CCC(C(C)C)n1c(N)nc2ccc(Br)cc21. The van der Waals surface area contributed by atoms with Crippen LogP contribution in [0, 0.1) is 5.92 Å². The van der Waals surface area contributed by atoms with Gasteiger partial charge < -0.3 is 10.3 Å². The van der Waals surface area contributed by atoms with Gasteiger partial charge in [-0.15, -0.1) is 0 Å². The minimum absolute atomic E-state index is 0.397. The van der Waals surface area contributed by atoms with Crippen LogP contribution in [-0.2, 0) is 0 Å². The molecule has 1 aromatic heterocycles. The van der Waals surface area contributed by atoms with E-state index in [1.54, 1.807) is 0 Å². The van der Waals surface area contributed by atoms with Crippen LogP contribution >= 0.6 is 15.9 Å². The van der Waals surface area contributed by atoms with Crippen molar-refractivity contribution in [3.8, 4) is 0 Å². The highest BCUT2D eigenvalue weighted by Crippen LogP contribution is 2.30. The molecule has 0 aliphatic carbocycles. The van der Waals surface area contributed by atoms with Crippen molar-refractivity contribution < 1.29 is 0 Å². The number of hydrogen-bond donors (Lipinski definition) is 1. The highest BCUT2D eigenvalue weighted by molar-refractivity contribution is 9.10. The van der Waals surface area contributed by atoms with E-state index in [-0.39, 0.29) is 0 Å². The fourth-order valence-electron chi connectivity index (χ4n) is 2.39. The summed E-state index contributed by atoms with van der Waals surface area (Å²) in [7, 11) is 0. The highest BCUT2D eigenvalue weighted by Gasteiger charge is 2.19. The van der Waals surface area contributed by atoms with E-state index in [0.29, 0.717) is 17.9 Å². The lowest BCUT2D eigenvalue weighted by atomic mass is 10.0. The first kappa shape index (κ1) is 12.4. The van der Waals surface area contributed by atoms with Crippen LogP contribution < -0.4 is 5.73 Å². The van der Waals surface area contributed by atoms with E-state index in [0.717, 1.165) is 21.9 Å². The summed E-state index contributed by atoms with van der Waals surface area (Å²) in [5, 5.41) is 0. The van der Waals surface area contributed by atoms with Crippen molar-refractivity contribution in [2.75, 3.05) is 5.73 Å². The van der Waals surface area contributed by atoms with Gasteiger partial charge in [-0.25, -0.2) is 4.98 Å². The molecule has 0 radical (unpaired) electrons. The topological polar surface area (TPSA) is 43.8 Å². The zero-order chi connectivity index (χ0) is 12.6. The Bertz CT molecular complexity index is 531. The van der Waals surface area contributed by atoms with Crippen LogP contribution in [0.4, 0.5) is 5.95 Å². The van der Waals surface area contributed by atoms with Gasteiger partial charge in [-0.3, -0.25) is 0 Å². The van der Waals surface area contributed by atoms with E-state index in [9.17, 15) is 0 Å². The summed E-state index contributed by atoms with van der Waals surface area (Å²) in [6.07, 6.45) is 1.06. The van der Waals surface area contributed by atoms with Gasteiger partial charge in [0.05, 0.1) is 11.0 Å². The summed E-state index contributed by atoms with van der Waals surface area (Å²) in [6, 6.07) is 6.48. The molecule has 0 aliphatic heterocycles. The second kappa shape index (κ2) is 4.69. The maximum absolute atomic E-state index is 6.05. The highest BCUT2D eigenvalue weighted by atomic mass is 79.9. The average molecular weight is 296 g/mol. The number of hydrogen-bond acceptors (Lipinski definition) is 2. The summed E-state index contributed by atoms with van der Waals surface area (Å²) in [4.78, 5) is 4.43. The normalized spacial score (nSPS) is 13.5. The molecule has 0 fully saturated rings. The molecule has 4 heteroatoms. The number of nitrogen functional groups attached to an aromatic ring is 1. The maximum Gasteiger partial charge on any atom is 0.201 e. The number of halogens is 1. The Morgan fingerprint density at radius 1 is 1.41 bits per heavy atom. The number of benzene rings is 1. The maximum atomic E-state index is 6.05. The number of rotatable bonds is 3. The predicted molar refractivity (Wildman–Crippen MR) is 76.0 cm³/mol. The van der Waals surface area contributed by atoms with Gasteiger partial charge in [0.15, 0.2) is 0 Å². The molecule has 0 bridgehead atoms. The van der Waals surface area contributed by atoms with Crippen molar-refractivity contribution in [2.45, 2.75) is 33.2 Å². The number of imidazole rings is 1. The monoisotopic (exact) mass is 295 g/mol. The molecule has 3 nitrogen and oxygen atoms in total. The smallest absolute Gasteiger partial charge is 0.201 e.